The average molecular weight is 431 g/mol. The van der Waals surface area contributed by atoms with Gasteiger partial charge in [0.1, 0.15) is 12.1 Å². The molecule has 0 aliphatic carbocycles. The Balaban J connectivity index is 4.93. The van der Waals surface area contributed by atoms with Crippen LogP contribution >= 0.6 is 0 Å². The molecule has 0 rings (SSSR count). The fourth-order valence-electron chi connectivity index (χ4n) is 2.36. The van der Waals surface area contributed by atoms with Gasteiger partial charge in [0.15, 0.2) is 0 Å². The Morgan fingerprint density at radius 3 is 2.00 bits per heavy atom. The summed E-state index contributed by atoms with van der Waals surface area (Å²) < 4.78 is 0. The van der Waals surface area contributed by atoms with Gasteiger partial charge in [0.05, 0.1) is 19.0 Å². The molecule has 0 bridgehead atoms. The van der Waals surface area contributed by atoms with Crippen molar-refractivity contribution in [1.82, 2.24) is 16.0 Å². The molecule has 0 saturated heterocycles. The number of carbonyl (C=O) groups excluding carboxylic acids is 4. The predicted molar refractivity (Wildman–Crippen MR) is 103 cm³/mol. The number of primary amides is 1. The molecule has 0 aromatic rings. The molecule has 13 heteroatoms. The highest BCUT2D eigenvalue weighted by molar-refractivity contribution is 5.94. The van der Waals surface area contributed by atoms with E-state index in [1.54, 1.807) is 0 Å². The van der Waals surface area contributed by atoms with Gasteiger partial charge in [-0.15, -0.1) is 0 Å². The predicted octanol–water partition coefficient (Wildman–Crippen LogP) is -2.73. The third kappa shape index (κ3) is 11.6. The maximum absolute atomic E-state index is 12.3. The standard InChI is InChI=1S/C17H29N5O8/c1-8(2)5-9(18)15(27)20-7-13(24)21-11(6-14(25)26)16(28)22-10(17(29)30)3-4-12(19)23/h8-11H,3-7,18H2,1-2H3,(H2,19,23)(H,20,27)(H,21,24)(H,22,28)(H,25,26)(H,29,30). The van der Waals surface area contributed by atoms with E-state index < -0.39 is 66.7 Å². The van der Waals surface area contributed by atoms with Gasteiger partial charge in [-0.1, -0.05) is 13.8 Å². The van der Waals surface area contributed by atoms with Gasteiger partial charge >= 0.3 is 11.9 Å². The molecule has 0 saturated carbocycles. The lowest BCUT2D eigenvalue weighted by molar-refractivity contribution is -0.143. The first-order chi connectivity index (χ1) is 13.8. The summed E-state index contributed by atoms with van der Waals surface area (Å²) in [7, 11) is 0. The first-order valence-electron chi connectivity index (χ1n) is 9.19. The number of hydrogen-bond acceptors (Lipinski definition) is 7. The highest BCUT2D eigenvalue weighted by Gasteiger charge is 2.28. The minimum absolute atomic E-state index is 0.153. The summed E-state index contributed by atoms with van der Waals surface area (Å²) in [4.78, 5) is 69.1. The lowest BCUT2D eigenvalue weighted by atomic mass is 10.0. The molecule has 0 aromatic heterocycles. The van der Waals surface area contributed by atoms with Crippen LogP contribution in [0.2, 0.25) is 0 Å². The molecule has 0 fully saturated rings. The smallest absolute Gasteiger partial charge is 0.326 e. The summed E-state index contributed by atoms with van der Waals surface area (Å²) in [6.07, 6.45) is -1.08. The van der Waals surface area contributed by atoms with Crippen LogP contribution in [0.25, 0.3) is 0 Å². The molecule has 3 unspecified atom stereocenters. The zero-order valence-corrected chi connectivity index (χ0v) is 16.8. The molecule has 170 valence electrons. The quantitative estimate of drug-likeness (QED) is 0.151. The third-order valence-corrected chi connectivity index (χ3v) is 3.81. The van der Waals surface area contributed by atoms with Gasteiger partial charge in [-0.2, -0.15) is 0 Å². The van der Waals surface area contributed by atoms with Gasteiger partial charge in [-0.3, -0.25) is 24.0 Å². The average Bonchev–Trinajstić information content (AvgIpc) is 2.60. The summed E-state index contributed by atoms with van der Waals surface area (Å²) >= 11 is 0. The second-order valence-electron chi connectivity index (χ2n) is 7.08. The van der Waals surface area contributed by atoms with Gasteiger partial charge in [-0.05, 0) is 18.8 Å². The minimum atomic E-state index is -1.60. The lowest BCUT2D eigenvalue weighted by Crippen LogP contribution is -2.54. The molecule has 30 heavy (non-hydrogen) atoms. The van der Waals surface area contributed by atoms with E-state index in [0.29, 0.717) is 6.42 Å². The number of aliphatic carboxylic acids is 2. The maximum atomic E-state index is 12.3. The van der Waals surface area contributed by atoms with E-state index in [9.17, 15) is 28.8 Å². The van der Waals surface area contributed by atoms with Crippen molar-refractivity contribution in [2.75, 3.05) is 6.54 Å². The zero-order chi connectivity index (χ0) is 23.4. The Morgan fingerprint density at radius 1 is 0.933 bits per heavy atom. The van der Waals surface area contributed by atoms with Crippen LogP contribution in [0.15, 0.2) is 0 Å². The molecule has 0 aromatic carbocycles. The van der Waals surface area contributed by atoms with Crippen molar-refractivity contribution in [1.29, 1.82) is 0 Å². The summed E-state index contributed by atoms with van der Waals surface area (Å²) in [5, 5.41) is 24.5. The van der Waals surface area contributed by atoms with E-state index in [0.717, 1.165) is 0 Å². The first-order valence-corrected chi connectivity index (χ1v) is 9.19. The monoisotopic (exact) mass is 431 g/mol. The lowest BCUT2D eigenvalue weighted by Gasteiger charge is -2.20. The van der Waals surface area contributed by atoms with Crippen molar-refractivity contribution in [2.45, 2.75) is 57.7 Å². The van der Waals surface area contributed by atoms with E-state index in [4.69, 9.17) is 21.7 Å². The molecule has 3 atom stereocenters. The van der Waals surface area contributed by atoms with Crippen molar-refractivity contribution in [3.05, 3.63) is 0 Å². The second-order valence-corrected chi connectivity index (χ2v) is 7.08. The zero-order valence-electron chi connectivity index (χ0n) is 16.8. The van der Waals surface area contributed by atoms with Crippen LogP contribution in [0.4, 0.5) is 0 Å². The minimum Gasteiger partial charge on any atom is -0.481 e. The van der Waals surface area contributed by atoms with Crippen molar-refractivity contribution >= 4 is 35.6 Å². The first kappa shape index (κ1) is 26.8. The number of carbonyl (C=O) groups is 6. The van der Waals surface area contributed by atoms with Gasteiger partial charge in [0.25, 0.3) is 0 Å². The Bertz CT molecular complexity index is 667. The van der Waals surface area contributed by atoms with Crippen molar-refractivity contribution in [3.8, 4) is 0 Å². The van der Waals surface area contributed by atoms with Crippen molar-refractivity contribution in [3.63, 3.8) is 0 Å². The number of nitrogens with two attached hydrogens (primary N) is 2. The molecule has 4 amide bonds. The number of carboxylic acids is 2. The normalized spacial score (nSPS) is 13.6. The van der Waals surface area contributed by atoms with Crippen LogP contribution in [-0.2, 0) is 28.8 Å². The van der Waals surface area contributed by atoms with Crippen molar-refractivity contribution in [2.24, 2.45) is 17.4 Å². The van der Waals surface area contributed by atoms with Gasteiger partial charge in [0, 0.05) is 6.42 Å². The summed E-state index contributed by atoms with van der Waals surface area (Å²) in [6, 6.07) is -3.95. The van der Waals surface area contributed by atoms with Crippen molar-refractivity contribution < 1.29 is 39.0 Å². The van der Waals surface area contributed by atoms with E-state index in [2.05, 4.69) is 16.0 Å². The SMILES string of the molecule is CC(C)CC(N)C(=O)NCC(=O)NC(CC(=O)O)C(=O)NC(CCC(N)=O)C(=O)O. The molecule has 0 spiro atoms. The number of carboxylic acid groups (broad SMARTS) is 2. The van der Waals surface area contributed by atoms with E-state index in [-0.39, 0.29) is 18.8 Å². The molecule has 0 heterocycles. The van der Waals surface area contributed by atoms with Crippen LogP contribution in [-0.4, -0.2) is 70.5 Å². The Kier molecular flexibility index (Phi) is 11.7. The molecule has 9 N–H and O–H groups in total. The van der Waals surface area contributed by atoms with E-state index in [1.165, 1.54) is 0 Å². The van der Waals surface area contributed by atoms with Crippen LogP contribution in [0.1, 0.15) is 39.5 Å². The third-order valence-electron chi connectivity index (χ3n) is 3.81. The molecule has 0 aliphatic heterocycles. The highest BCUT2D eigenvalue weighted by Crippen LogP contribution is 2.03. The number of hydrogen-bond donors (Lipinski definition) is 7. The van der Waals surface area contributed by atoms with E-state index in [1.807, 2.05) is 13.8 Å². The van der Waals surface area contributed by atoms with Gasteiger partial charge in [-0.25, -0.2) is 4.79 Å². The van der Waals surface area contributed by atoms with Crippen LogP contribution < -0.4 is 27.4 Å². The highest BCUT2D eigenvalue weighted by atomic mass is 16.4. The molecular formula is C17H29N5O8. The second kappa shape index (κ2) is 13.1. The topological polar surface area (TPSA) is 231 Å². The van der Waals surface area contributed by atoms with Gasteiger partial charge in [0.2, 0.25) is 23.6 Å². The summed E-state index contributed by atoms with van der Waals surface area (Å²) in [5.41, 5.74) is 10.6. The van der Waals surface area contributed by atoms with Crippen LogP contribution in [0.5, 0.6) is 0 Å². The molecular weight excluding hydrogens is 402 g/mol. The molecule has 0 aliphatic rings. The van der Waals surface area contributed by atoms with Crippen LogP contribution in [0.3, 0.4) is 0 Å². The fourth-order valence-corrected chi connectivity index (χ4v) is 2.36. The van der Waals surface area contributed by atoms with Gasteiger partial charge < -0.3 is 37.6 Å². The number of rotatable bonds is 14. The fraction of sp³-hybridized carbons (Fsp3) is 0.647. The molecule has 0 radical (unpaired) electrons. The number of amides is 4. The molecule has 13 nitrogen and oxygen atoms in total. The maximum Gasteiger partial charge on any atom is 0.326 e. The summed E-state index contributed by atoms with van der Waals surface area (Å²) in [6.45, 7) is 3.17. The van der Waals surface area contributed by atoms with Crippen LogP contribution in [0, 0.1) is 5.92 Å². The Morgan fingerprint density at radius 2 is 1.53 bits per heavy atom. The van der Waals surface area contributed by atoms with E-state index >= 15 is 0 Å². The summed E-state index contributed by atoms with van der Waals surface area (Å²) in [5.74, 6) is -6.05. The Hall–Kier alpha value is -3.22. The number of nitrogens with one attached hydrogen (secondary N) is 3. The Labute approximate surface area is 172 Å². The largest absolute Gasteiger partial charge is 0.481 e.